The molecule has 0 unspecified atom stereocenters. The summed E-state index contributed by atoms with van der Waals surface area (Å²) in [5.41, 5.74) is 1.77. The molecule has 24 heavy (non-hydrogen) atoms. The van der Waals surface area contributed by atoms with E-state index in [0.29, 0.717) is 15.6 Å². The normalized spacial score (nSPS) is 17.4. The van der Waals surface area contributed by atoms with Gasteiger partial charge in [-0.15, -0.1) is 11.3 Å². The van der Waals surface area contributed by atoms with Crippen LogP contribution in [0.15, 0.2) is 37.2 Å². The first kappa shape index (κ1) is 14.9. The summed E-state index contributed by atoms with van der Waals surface area (Å²) in [4.78, 5) is 28.1. The monoisotopic (exact) mass is 340 g/mol. The molecule has 3 aromatic rings. The number of aromatic nitrogens is 5. The zero-order valence-electron chi connectivity index (χ0n) is 13.2. The second-order valence-electron chi connectivity index (χ2n) is 5.72. The molecule has 1 atom stereocenters. The van der Waals surface area contributed by atoms with Gasteiger partial charge in [-0.1, -0.05) is 0 Å². The average molecular weight is 340 g/mol. The molecule has 4 rings (SSSR count). The lowest BCUT2D eigenvalue weighted by Crippen LogP contribution is -2.29. The van der Waals surface area contributed by atoms with Crippen molar-refractivity contribution in [3.05, 3.63) is 47.6 Å². The minimum absolute atomic E-state index is 0.0222. The number of hydrogen-bond donors (Lipinski definition) is 0. The summed E-state index contributed by atoms with van der Waals surface area (Å²) < 4.78 is 1.77. The topological polar surface area (TPSA) is 76.8 Å². The number of carbonyl (C=O) groups excluding carboxylic acids is 1. The molecule has 8 heteroatoms. The van der Waals surface area contributed by atoms with Crippen LogP contribution < -0.4 is 0 Å². The van der Waals surface area contributed by atoms with Crippen molar-refractivity contribution < 1.29 is 4.79 Å². The van der Waals surface area contributed by atoms with E-state index in [1.807, 2.05) is 24.3 Å². The van der Waals surface area contributed by atoms with Crippen LogP contribution in [0.5, 0.6) is 0 Å². The summed E-state index contributed by atoms with van der Waals surface area (Å²) >= 11 is 1.36. The van der Waals surface area contributed by atoms with Gasteiger partial charge < -0.3 is 4.90 Å². The molecule has 0 aliphatic carbocycles. The average Bonchev–Trinajstić information content (AvgIpc) is 3.35. The molecule has 0 saturated carbocycles. The van der Waals surface area contributed by atoms with Crippen LogP contribution in [0, 0.1) is 0 Å². The first-order valence-electron chi connectivity index (χ1n) is 7.74. The molecule has 4 heterocycles. The van der Waals surface area contributed by atoms with Crippen LogP contribution in [0.3, 0.4) is 0 Å². The minimum atomic E-state index is 0.0222. The maximum Gasteiger partial charge on any atom is 0.266 e. The predicted octanol–water partition coefficient (Wildman–Crippen LogP) is 2.31. The van der Waals surface area contributed by atoms with Crippen molar-refractivity contribution in [1.82, 2.24) is 29.6 Å². The number of likely N-dealkylation sites (tertiary alicyclic amines) is 1. The minimum Gasteiger partial charge on any atom is -0.331 e. The lowest BCUT2D eigenvalue weighted by atomic mass is 10.1. The van der Waals surface area contributed by atoms with E-state index in [0.717, 1.165) is 24.9 Å². The highest BCUT2D eigenvalue weighted by Gasteiger charge is 2.32. The summed E-state index contributed by atoms with van der Waals surface area (Å²) in [6, 6.07) is 0.0910. The van der Waals surface area contributed by atoms with Gasteiger partial charge in [-0.05, 0) is 12.8 Å². The molecule has 3 aromatic heterocycles. The summed E-state index contributed by atoms with van der Waals surface area (Å²) in [6.45, 7) is 0.761. The van der Waals surface area contributed by atoms with E-state index in [1.54, 1.807) is 29.5 Å². The number of rotatable bonds is 3. The predicted molar refractivity (Wildman–Crippen MR) is 89.4 cm³/mol. The van der Waals surface area contributed by atoms with Crippen molar-refractivity contribution in [1.29, 1.82) is 0 Å². The van der Waals surface area contributed by atoms with Crippen LogP contribution in [0.2, 0.25) is 0 Å². The Balaban J connectivity index is 1.58. The van der Waals surface area contributed by atoms with Crippen LogP contribution in [0.1, 0.15) is 34.1 Å². The highest BCUT2D eigenvalue weighted by atomic mass is 32.1. The van der Waals surface area contributed by atoms with Crippen molar-refractivity contribution in [2.75, 3.05) is 6.54 Å². The maximum atomic E-state index is 12.9. The van der Waals surface area contributed by atoms with Crippen molar-refractivity contribution in [2.24, 2.45) is 7.05 Å². The van der Waals surface area contributed by atoms with Gasteiger partial charge in [0.15, 0.2) is 0 Å². The molecular weight excluding hydrogens is 324 g/mol. The van der Waals surface area contributed by atoms with E-state index in [2.05, 4.69) is 20.1 Å². The number of hydrogen-bond acceptors (Lipinski definition) is 6. The molecule has 0 aromatic carbocycles. The van der Waals surface area contributed by atoms with E-state index < -0.39 is 0 Å². The molecule has 1 aliphatic heterocycles. The van der Waals surface area contributed by atoms with E-state index in [-0.39, 0.29) is 11.9 Å². The van der Waals surface area contributed by atoms with Crippen molar-refractivity contribution in [3.63, 3.8) is 0 Å². The smallest absolute Gasteiger partial charge is 0.266 e. The number of thiazole rings is 1. The Morgan fingerprint density at radius 2 is 2.17 bits per heavy atom. The summed E-state index contributed by atoms with van der Waals surface area (Å²) in [7, 11) is 1.89. The van der Waals surface area contributed by atoms with E-state index in [1.165, 1.54) is 11.3 Å². The third-order valence-electron chi connectivity index (χ3n) is 4.12. The number of amides is 1. The summed E-state index contributed by atoms with van der Waals surface area (Å²) in [5, 5.41) is 4.94. The van der Waals surface area contributed by atoms with Crippen LogP contribution in [-0.4, -0.2) is 42.1 Å². The molecule has 1 saturated heterocycles. The van der Waals surface area contributed by atoms with E-state index in [9.17, 15) is 4.79 Å². The Morgan fingerprint density at radius 3 is 2.92 bits per heavy atom. The summed E-state index contributed by atoms with van der Waals surface area (Å²) in [6.07, 6.45) is 12.3. The molecule has 0 bridgehead atoms. The van der Waals surface area contributed by atoms with Crippen molar-refractivity contribution in [2.45, 2.75) is 18.9 Å². The Labute approximate surface area is 143 Å². The van der Waals surface area contributed by atoms with Crippen LogP contribution in [-0.2, 0) is 7.05 Å². The molecule has 0 N–H and O–H groups in total. The van der Waals surface area contributed by atoms with Crippen LogP contribution in [0.4, 0.5) is 0 Å². The van der Waals surface area contributed by atoms with Gasteiger partial charge in [0.05, 0.1) is 24.6 Å². The first-order valence-corrected chi connectivity index (χ1v) is 8.56. The van der Waals surface area contributed by atoms with Gasteiger partial charge in [0.2, 0.25) is 0 Å². The standard InChI is InChI=1S/C16H16N6OS/c1-21-10-11(7-20-21)13-3-2-6-22(13)16(23)14-9-19-15(24-14)12-8-17-4-5-18-12/h4-5,7-10,13H,2-3,6H2,1H3/t13-/m1/s1. The zero-order valence-corrected chi connectivity index (χ0v) is 14.0. The number of aryl methyl sites for hydroxylation is 1. The first-order chi connectivity index (χ1) is 11.7. The Bertz CT molecular complexity index is 858. The summed E-state index contributed by atoms with van der Waals surface area (Å²) in [5.74, 6) is 0.0222. The molecule has 1 fully saturated rings. The van der Waals surface area contributed by atoms with Gasteiger partial charge in [-0.25, -0.2) is 4.98 Å². The van der Waals surface area contributed by atoms with Gasteiger partial charge >= 0.3 is 0 Å². The third kappa shape index (κ3) is 2.69. The van der Waals surface area contributed by atoms with Gasteiger partial charge in [-0.3, -0.25) is 19.4 Å². The number of nitrogens with zero attached hydrogens (tertiary/aromatic N) is 6. The van der Waals surface area contributed by atoms with E-state index >= 15 is 0 Å². The number of carbonyl (C=O) groups is 1. The molecule has 122 valence electrons. The zero-order chi connectivity index (χ0) is 16.5. The third-order valence-corrected chi connectivity index (χ3v) is 5.13. The van der Waals surface area contributed by atoms with E-state index in [4.69, 9.17) is 0 Å². The highest BCUT2D eigenvalue weighted by molar-refractivity contribution is 7.16. The molecule has 1 amide bonds. The second kappa shape index (κ2) is 6.12. The molecule has 0 radical (unpaired) electrons. The molecule has 1 aliphatic rings. The lowest BCUT2D eigenvalue weighted by Gasteiger charge is -2.23. The highest BCUT2D eigenvalue weighted by Crippen LogP contribution is 2.34. The van der Waals surface area contributed by atoms with Gasteiger partial charge in [-0.2, -0.15) is 5.10 Å². The Morgan fingerprint density at radius 1 is 1.25 bits per heavy atom. The lowest BCUT2D eigenvalue weighted by molar-refractivity contribution is 0.0740. The fraction of sp³-hybridized carbons (Fsp3) is 0.312. The Hall–Kier alpha value is -2.61. The quantitative estimate of drug-likeness (QED) is 0.731. The fourth-order valence-electron chi connectivity index (χ4n) is 3.01. The molecule has 7 nitrogen and oxygen atoms in total. The van der Waals surface area contributed by atoms with Crippen molar-refractivity contribution >= 4 is 17.2 Å². The van der Waals surface area contributed by atoms with Crippen LogP contribution >= 0.6 is 11.3 Å². The van der Waals surface area contributed by atoms with Crippen molar-refractivity contribution in [3.8, 4) is 10.7 Å². The van der Waals surface area contributed by atoms with Gasteiger partial charge in [0.25, 0.3) is 5.91 Å². The molecule has 0 spiro atoms. The SMILES string of the molecule is Cn1cc([C@H]2CCCN2C(=O)c2cnc(-c3cnccn3)s2)cn1. The maximum absolute atomic E-state index is 12.9. The van der Waals surface area contributed by atoms with Crippen LogP contribution in [0.25, 0.3) is 10.7 Å². The fourth-order valence-corrected chi connectivity index (χ4v) is 3.84. The van der Waals surface area contributed by atoms with Gasteiger partial charge in [0, 0.05) is 37.7 Å². The largest absolute Gasteiger partial charge is 0.331 e. The Kier molecular flexibility index (Phi) is 3.81. The van der Waals surface area contributed by atoms with Gasteiger partial charge in [0.1, 0.15) is 15.6 Å². The second-order valence-corrected chi connectivity index (χ2v) is 6.75. The molecular formula is C16H16N6OS.